The number of hydrogen-bond donors (Lipinski definition) is 3. The number of hydrogen-bond acceptors (Lipinski definition) is 2. The summed E-state index contributed by atoms with van der Waals surface area (Å²) < 4.78 is 0. The van der Waals surface area contributed by atoms with Crippen LogP contribution in [-0.4, -0.2) is 23.3 Å². The van der Waals surface area contributed by atoms with E-state index in [0.717, 1.165) is 19.3 Å². The first-order valence-corrected chi connectivity index (χ1v) is 6.52. The van der Waals surface area contributed by atoms with Gasteiger partial charge in [-0.1, -0.05) is 11.6 Å². The fourth-order valence-corrected chi connectivity index (χ4v) is 2.31. The third-order valence-corrected chi connectivity index (χ3v) is 3.34. The van der Waals surface area contributed by atoms with Gasteiger partial charge in [0.15, 0.2) is 0 Å². The zero-order chi connectivity index (χ0) is 13.0. The summed E-state index contributed by atoms with van der Waals surface area (Å²) in [5.74, 6) is 0. The van der Waals surface area contributed by atoms with Gasteiger partial charge in [0.25, 0.3) is 0 Å². The van der Waals surface area contributed by atoms with Crippen LogP contribution >= 0.6 is 11.6 Å². The van der Waals surface area contributed by atoms with Crippen LogP contribution in [0, 0.1) is 0 Å². The van der Waals surface area contributed by atoms with Crippen molar-refractivity contribution in [3.8, 4) is 0 Å². The van der Waals surface area contributed by atoms with Crippen LogP contribution in [0.2, 0.25) is 5.02 Å². The van der Waals surface area contributed by atoms with Gasteiger partial charge in [0.1, 0.15) is 0 Å². The lowest BCUT2D eigenvalue weighted by molar-refractivity contribution is 0.114. The van der Waals surface area contributed by atoms with E-state index in [1.165, 1.54) is 0 Å². The Morgan fingerprint density at radius 3 is 2.67 bits per heavy atom. The molecule has 0 bridgehead atoms. The zero-order valence-corrected chi connectivity index (χ0v) is 10.8. The summed E-state index contributed by atoms with van der Waals surface area (Å²) in [7, 11) is 0. The minimum atomic E-state index is -0.292. The molecule has 2 atom stereocenters. The second kappa shape index (κ2) is 6.07. The van der Waals surface area contributed by atoms with E-state index in [4.69, 9.17) is 11.6 Å². The second-order valence-corrected chi connectivity index (χ2v) is 5.06. The monoisotopic (exact) mass is 268 g/mol. The highest BCUT2D eigenvalue weighted by molar-refractivity contribution is 6.30. The molecule has 2 amide bonds. The summed E-state index contributed by atoms with van der Waals surface area (Å²) in [5, 5.41) is 15.8. The average Bonchev–Trinajstić information content (AvgIpc) is 2.32. The summed E-state index contributed by atoms with van der Waals surface area (Å²) in [6, 6.07) is 6.76. The molecule has 0 aliphatic heterocycles. The highest BCUT2D eigenvalue weighted by Gasteiger charge is 2.21. The molecule has 1 aliphatic rings. The molecule has 0 heterocycles. The molecular formula is C13H17ClN2O2. The third-order valence-electron chi connectivity index (χ3n) is 3.08. The maximum Gasteiger partial charge on any atom is 0.319 e. The van der Waals surface area contributed by atoms with Gasteiger partial charge in [-0.2, -0.15) is 0 Å². The van der Waals surface area contributed by atoms with Gasteiger partial charge < -0.3 is 15.7 Å². The van der Waals surface area contributed by atoms with E-state index < -0.39 is 0 Å². The van der Waals surface area contributed by atoms with Crippen molar-refractivity contribution >= 4 is 23.3 Å². The largest absolute Gasteiger partial charge is 0.393 e. The van der Waals surface area contributed by atoms with Gasteiger partial charge in [-0.25, -0.2) is 4.79 Å². The molecule has 5 heteroatoms. The number of anilines is 1. The summed E-state index contributed by atoms with van der Waals surface area (Å²) in [6.45, 7) is 0. The Balaban J connectivity index is 1.83. The molecule has 1 aromatic rings. The molecule has 1 fully saturated rings. The number of benzene rings is 1. The Morgan fingerprint density at radius 1 is 1.28 bits per heavy atom. The molecule has 0 unspecified atom stereocenters. The van der Waals surface area contributed by atoms with Crippen molar-refractivity contribution in [1.82, 2.24) is 5.32 Å². The van der Waals surface area contributed by atoms with E-state index in [2.05, 4.69) is 10.6 Å². The van der Waals surface area contributed by atoms with Crippen molar-refractivity contribution < 1.29 is 9.90 Å². The fourth-order valence-electron chi connectivity index (χ4n) is 2.18. The van der Waals surface area contributed by atoms with E-state index in [1.54, 1.807) is 24.3 Å². The summed E-state index contributed by atoms with van der Waals surface area (Å²) in [4.78, 5) is 11.7. The van der Waals surface area contributed by atoms with E-state index in [1.807, 2.05) is 0 Å². The molecule has 1 saturated carbocycles. The molecular weight excluding hydrogens is 252 g/mol. The lowest BCUT2D eigenvalue weighted by atomic mass is 9.93. The molecule has 2 rings (SSSR count). The summed E-state index contributed by atoms with van der Waals surface area (Å²) in [5.41, 5.74) is 0.702. The highest BCUT2D eigenvalue weighted by atomic mass is 35.5. The number of aliphatic hydroxyl groups is 1. The molecule has 1 aromatic carbocycles. The average molecular weight is 269 g/mol. The highest BCUT2D eigenvalue weighted by Crippen LogP contribution is 2.18. The van der Waals surface area contributed by atoms with Crippen LogP contribution in [0.3, 0.4) is 0 Å². The molecule has 0 saturated heterocycles. The lowest BCUT2D eigenvalue weighted by Gasteiger charge is -2.26. The second-order valence-electron chi connectivity index (χ2n) is 4.62. The first-order valence-electron chi connectivity index (χ1n) is 6.14. The van der Waals surface area contributed by atoms with Crippen molar-refractivity contribution in [1.29, 1.82) is 0 Å². The predicted molar refractivity (Wildman–Crippen MR) is 71.9 cm³/mol. The Morgan fingerprint density at radius 2 is 2.00 bits per heavy atom. The fraction of sp³-hybridized carbons (Fsp3) is 0.462. The molecule has 1 aliphatic carbocycles. The lowest BCUT2D eigenvalue weighted by Crippen LogP contribution is -2.41. The molecule has 3 N–H and O–H groups in total. The maximum atomic E-state index is 11.7. The number of nitrogens with one attached hydrogen (secondary N) is 2. The Bertz CT molecular complexity index is 408. The zero-order valence-electron chi connectivity index (χ0n) is 10.0. The predicted octanol–water partition coefficient (Wildman–Crippen LogP) is 2.77. The van der Waals surface area contributed by atoms with Gasteiger partial charge in [-0.3, -0.25) is 0 Å². The van der Waals surface area contributed by atoms with Crippen molar-refractivity contribution in [3.63, 3.8) is 0 Å². The first kappa shape index (κ1) is 13.2. The van der Waals surface area contributed by atoms with Crippen molar-refractivity contribution in [2.24, 2.45) is 0 Å². The van der Waals surface area contributed by atoms with E-state index in [0.29, 0.717) is 17.1 Å². The molecule has 98 valence electrons. The Labute approximate surface area is 111 Å². The summed E-state index contributed by atoms with van der Waals surface area (Å²) in [6.07, 6.45) is 3.04. The maximum absolute atomic E-state index is 11.7. The van der Waals surface area contributed by atoms with E-state index in [9.17, 15) is 9.90 Å². The number of amides is 2. The smallest absolute Gasteiger partial charge is 0.319 e. The number of urea groups is 1. The van der Waals surface area contributed by atoms with Crippen LogP contribution in [0.4, 0.5) is 10.5 Å². The number of carbonyl (C=O) groups is 1. The molecule has 0 spiro atoms. The topological polar surface area (TPSA) is 61.4 Å². The van der Waals surface area contributed by atoms with Gasteiger partial charge in [-0.15, -0.1) is 0 Å². The quantitative estimate of drug-likeness (QED) is 0.772. The van der Waals surface area contributed by atoms with Gasteiger partial charge in [0, 0.05) is 16.8 Å². The van der Waals surface area contributed by atoms with E-state index >= 15 is 0 Å². The van der Waals surface area contributed by atoms with Crippen LogP contribution < -0.4 is 10.6 Å². The van der Waals surface area contributed by atoms with Crippen molar-refractivity contribution in [3.05, 3.63) is 29.3 Å². The van der Waals surface area contributed by atoms with Crippen LogP contribution in [-0.2, 0) is 0 Å². The third kappa shape index (κ3) is 3.89. The van der Waals surface area contributed by atoms with Gasteiger partial charge in [-0.05, 0) is 49.9 Å². The van der Waals surface area contributed by atoms with Crippen LogP contribution in [0.1, 0.15) is 25.7 Å². The Hall–Kier alpha value is -1.26. The standard InChI is InChI=1S/C13H17ClN2O2/c14-9-4-6-10(7-5-9)15-13(18)16-11-2-1-3-12(17)8-11/h4-7,11-12,17H,1-3,8H2,(H2,15,16,18)/t11-,12-/m0/s1. The molecule has 18 heavy (non-hydrogen) atoms. The molecule has 4 nitrogen and oxygen atoms in total. The summed E-state index contributed by atoms with van der Waals surface area (Å²) >= 11 is 5.76. The van der Waals surface area contributed by atoms with Crippen molar-refractivity contribution in [2.45, 2.75) is 37.8 Å². The van der Waals surface area contributed by atoms with Gasteiger partial charge in [0.2, 0.25) is 0 Å². The number of carbonyl (C=O) groups excluding carboxylic acids is 1. The number of halogens is 1. The van der Waals surface area contributed by atoms with Gasteiger partial charge in [0.05, 0.1) is 6.10 Å². The SMILES string of the molecule is O=C(Nc1ccc(Cl)cc1)N[C@H]1CCC[C@H](O)C1. The molecule has 0 radical (unpaired) electrons. The number of rotatable bonds is 2. The van der Waals surface area contributed by atoms with Crippen LogP contribution in [0.15, 0.2) is 24.3 Å². The minimum absolute atomic E-state index is 0.0565. The Kier molecular flexibility index (Phi) is 4.44. The van der Waals surface area contributed by atoms with Gasteiger partial charge >= 0.3 is 6.03 Å². The van der Waals surface area contributed by atoms with E-state index in [-0.39, 0.29) is 18.2 Å². The molecule has 0 aromatic heterocycles. The van der Waals surface area contributed by atoms with Crippen molar-refractivity contribution in [2.75, 3.05) is 5.32 Å². The first-order chi connectivity index (χ1) is 8.63. The minimum Gasteiger partial charge on any atom is -0.393 e. The van der Waals surface area contributed by atoms with Crippen LogP contribution in [0.5, 0.6) is 0 Å². The normalized spacial score (nSPS) is 23.4. The number of aliphatic hydroxyl groups excluding tert-OH is 1. The van der Waals surface area contributed by atoms with Crippen LogP contribution in [0.25, 0.3) is 0 Å².